The molecular formula is C26H34NO6P. The minimum absolute atomic E-state index is 0.269. The van der Waals surface area contributed by atoms with Gasteiger partial charge in [0.05, 0.1) is 32.2 Å². The molecule has 1 atom stereocenters. The second-order valence-corrected chi connectivity index (χ2v) is 8.78. The molecule has 8 heteroatoms. The van der Waals surface area contributed by atoms with Crippen molar-refractivity contribution in [2.45, 2.75) is 38.6 Å². The largest absolute Gasteiger partial charge is 0.497 e. The molecule has 3 rings (SSSR count). The van der Waals surface area contributed by atoms with Crippen molar-refractivity contribution in [3.05, 3.63) is 72.0 Å². The van der Waals surface area contributed by atoms with Gasteiger partial charge >= 0.3 is 8.25 Å². The number of nitrogens with one attached hydrogen (secondary N) is 1. The van der Waals surface area contributed by atoms with Gasteiger partial charge in [0.15, 0.2) is 0 Å². The first kappa shape index (κ1) is 26.0. The lowest BCUT2D eigenvalue weighted by Gasteiger charge is -2.13. The fourth-order valence-corrected chi connectivity index (χ4v) is 3.96. The number of methoxy groups -OCH3 is 1. The fraction of sp³-hybridized carbons (Fsp3) is 0.385. The molecular weight excluding hydrogens is 453 g/mol. The lowest BCUT2D eigenvalue weighted by molar-refractivity contribution is 0.276. The number of unbranched alkanes of at least 4 members (excludes halogenated alkanes) is 2. The van der Waals surface area contributed by atoms with Gasteiger partial charge in [-0.1, -0.05) is 18.2 Å². The monoisotopic (exact) mass is 487 g/mol. The van der Waals surface area contributed by atoms with E-state index in [2.05, 4.69) is 23.5 Å². The molecule has 0 aliphatic rings. The topological polar surface area (TPSA) is 90.2 Å². The van der Waals surface area contributed by atoms with Crippen LogP contribution in [0.5, 0.6) is 11.5 Å². The van der Waals surface area contributed by atoms with Gasteiger partial charge in [-0.15, -0.1) is 0 Å². The maximum atomic E-state index is 10.6. The number of furan rings is 1. The van der Waals surface area contributed by atoms with Crippen LogP contribution in [0.15, 0.2) is 65.3 Å². The Morgan fingerprint density at radius 3 is 2.68 bits per heavy atom. The first-order chi connectivity index (χ1) is 16.7. The molecule has 0 amide bonds. The van der Waals surface area contributed by atoms with Crippen LogP contribution in [0.2, 0.25) is 0 Å². The molecule has 1 heterocycles. The summed E-state index contributed by atoms with van der Waals surface area (Å²) in [6.07, 6.45) is 6.53. The summed E-state index contributed by atoms with van der Waals surface area (Å²) in [5.74, 6) is 2.49. The van der Waals surface area contributed by atoms with Crippen molar-refractivity contribution < 1.29 is 27.9 Å². The number of hydrogen-bond donors (Lipinski definition) is 2. The maximum Gasteiger partial charge on any atom is 0.316 e. The normalized spacial score (nSPS) is 11.9. The molecule has 0 saturated heterocycles. The molecule has 0 spiro atoms. The Morgan fingerprint density at radius 2 is 1.88 bits per heavy atom. The Hall–Kier alpha value is -2.57. The van der Waals surface area contributed by atoms with Gasteiger partial charge in [-0.2, -0.15) is 0 Å². The molecule has 0 saturated carbocycles. The van der Waals surface area contributed by atoms with Crippen LogP contribution in [0, 0.1) is 0 Å². The molecule has 34 heavy (non-hydrogen) atoms. The third-order valence-electron chi connectivity index (χ3n) is 5.38. The van der Waals surface area contributed by atoms with Gasteiger partial charge < -0.3 is 28.6 Å². The summed E-state index contributed by atoms with van der Waals surface area (Å²) in [5.41, 5.74) is 3.33. The average Bonchev–Trinajstić information content (AvgIpc) is 3.39. The van der Waals surface area contributed by atoms with Crippen LogP contribution in [-0.4, -0.2) is 31.8 Å². The standard InChI is InChI=1S/C26H34NO6P/c1-30-23-10-5-9-21(18-23)8-3-2-4-15-31-26-13-12-22(19-24(26)25-11-6-16-32-25)20-27-14-7-17-33-34(28)29/h5-6,9-13,16,18-19,27,34H,2-4,7-8,14-15,17,20H2,1H3,(H,28,29). The molecule has 0 aliphatic carbocycles. The summed E-state index contributed by atoms with van der Waals surface area (Å²) in [4.78, 5) is 8.68. The van der Waals surface area contributed by atoms with E-state index in [0.29, 0.717) is 26.1 Å². The summed E-state index contributed by atoms with van der Waals surface area (Å²) < 4.78 is 32.3. The second kappa shape index (κ2) is 14.6. The van der Waals surface area contributed by atoms with E-state index in [9.17, 15) is 4.57 Å². The highest BCUT2D eigenvalue weighted by molar-refractivity contribution is 7.32. The van der Waals surface area contributed by atoms with Crippen molar-refractivity contribution in [1.82, 2.24) is 5.32 Å². The van der Waals surface area contributed by atoms with Crippen LogP contribution in [0.4, 0.5) is 0 Å². The van der Waals surface area contributed by atoms with Crippen LogP contribution in [0.1, 0.15) is 36.8 Å². The molecule has 7 nitrogen and oxygen atoms in total. The van der Waals surface area contributed by atoms with Gasteiger partial charge in [0.1, 0.15) is 17.3 Å². The third-order valence-corrected chi connectivity index (χ3v) is 5.84. The minimum Gasteiger partial charge on any atom is -0.497 e. The smallest absolute Gasteiger partial charge is 0.316 e. The van der Waals surface area contributed by atoms with Crippen molar-refractivity contribution in [2.24, 2.45) is 0 Å². The Kier molecular flexibility index (Phi) is 11.2. The summed E-state index contributed by atoms with van der Waals surface area (Å²) in [6, 6.07) is 18.1. The molecule has 1 aromatic heterocycles. The van der Waals surface area contributed by atoms with E-state index in [4.69, 9.17) is 23.3 Å². The molecule has 3 aromatic rings. The summed E-state index contributed by atoms with van der Waals surface area (Å²) in [5, 5.41) is 3.32. The molecule has 2 aromatic carbocycles. The lowest BCUT2D eigenvalue weighted by Crippen LogP contribution is -2.16. The third kappa shape index (κ3) is 8.99. The number of ether oxygens (including phenoxy) is 2. The second-order valence-electron chi connectivity index (χ2n) is 7.96. The maximum absolute atomic E-state index is 10.6. The Morgan fingerprint density at radius 1 is 0.971 bits per heavy atom. The predicted octanol–water partition coefficient (Wildman–Crippen LogP) is 5.63. The van der Waals surface area contributed by atoms with Gasteiger partial charge in [-0.25, -0.2) is 0 Å². The van der Waals surface area contributed by atoms with Crippen molar-refractivity contribution in [1.29, 1.82) is 0 Å². The first-order valence-electron chi connectivity index (χ1n) is 11.6. The van der Waals surface area contributed by atoms with E-state index < -0.39 is 8.25 Å². The van der Waals surface area contributed by atoms with Gasteiger partial charge in [-0.3, -0.25) is 4.57 Å². The number of benzene rings is 2. The molecule has 184 valence electrons. The highest BCUT2D eigenvalue weighted by Gasteiger charge is 2.11. The van der Waals surface area contributed by atoms with E-state index >= 15 is 0 Å². The van der Waals surface area contributed by atoms with E-state index in [-0.39, 0.29) is 6.61 Å². The van der Waals surface area contributed by atoms with Gasteiger partial charge in [0.2, 0.25) is 0 Å². The van der Waals surface area contributed by atoms with Crippen LogP contribution >= 0.6 is 8.25 Å². The number of hydrogen-bond acceptors (Lipinski definition) is 6. The Bertz CT molecular complexity index is 1010. The zero-order chi connectivity index (χ0) is 24.0. The highest BCUT2D eigenvalue weighted by Crippen LogP contribution is 2.32. The summed E-state index contributed by atoms with van der Waals surface area (Å²) in [7, 11) is -1.15. The van der Waals surface area contributed by atoms with Crippen molar-refractivity contribution in [3.63, 3.8) is 0 Å². The quantitative estimate of drug-likeness (QED) is 0.200. The summed E-state index contributed by atoms with van der Waals surface area (Å²) in [6.45, 7) is 2.29. The highest BCUT2D eigenvalue weighted by atomic mass is 31.1. The minimum atomic E-state index is -2.84. The Balaban J connectivity index is 1.45. The SMILES string of the molecule is COc1cccc(CCCCCOc2ccc(CNCCCO[PH](=O)O)cc2-c2ccco2)c1. The Labute approximate surface area is 202 Å². The van der Waals surface area contributed by atoms with Crippen LogP contribution in [-0.2, 0) is 22.1 Å². The first-order valence-corrected chi connectivity index (χ1v) is 12.9. The summed E-state index contributed by atoms with van der Waals surface area (Å²) >= 11 is 0. The molecule has 0 radical (unpaired) electrons. The molecule has 0 bridgehead atoms. The van der Waals surface area contributed by atoms with Crippen LogP contribution < -0.4 is 14.8 Å². The van der Waals surface area contributed by atoms with Gasteiger partial charge in [0, 0.05) is 6.54 Å². The van der Waals surface area contributed by atoms with Gasteiger partial charge in [-0.05, 0) is 86.2 Å². The van der Waals surface area contributed by atoms with E-state index in [1.165, 1.54) is 5.56 Å². The van der Waals surface area contributed by atoms with Crippen LogP contribution in [0.25, 0.3) is 11.3 Å². The fourth-order valence-electron chi connectivity index (χ4n) is 3.64. The number of aryl methyl sites for hydroxylation is 1. The van der Waals surface area contributed by atoms with E-state index in [1.807, 2.05) is 36.4 Å². The number of rotatable bonds is 16. The molecule has 0 aliphatic heterocycles. The zero-order valence-corrected chi connectivity index (χ0v) is 20.6. The van der Waals surface area contributed by atoms with Crippen LogP contribution in [0.3, 0.4) is 0 Å². The average molecular weight is 488 g/mol. The predicted molar refractivity (Wildman–Crippen MR) is 134 cm³/mol. The van der Waals surface area contributed by atoms with Gasteiger partial charge in [0.25, 0.3) is 0 Å². The van der Waals surface area contributed by atoms with Crippen molar-refractivity contribution in [3.8, 4) is 22.8 Å². The molecule has 2 N–H and O–H groups in total. The molecule has 0 fully saturated rings. The van der Waals surface area contributed by atoms with E-state index in [1.54, 1.807) is 13.4 Å². The van der Waals surface area contributed by atoms with E-state index in [0.717, 1.165) is 54.1 Å². The lowest BCUT2D eigenvalue weighted by atomic mass is 10.1. The zero-order valence-electron chi connectivity index (χ0n) is 19.6. The molecule has 1 unspecified atom stereocenters. The van der Waals surface area contributed by atoms with Crippen molar-refractivity contribution >= 4 is 8.25 Å². The van der Waals surface area contributed by atoms with Crippen molar-refractivity contribution in [2.75, 3.05) is 26.9 Å².